The minimum atomic E-state index is -0.445. The summed E-state index contributed by atoms with van der Waals surface area (Å²) in [5, 5.41) is 10.2. The van der Waals surface area contributed by atoms with Gasteiger partial charge in [0.2, 0.25) is 0 Å². The van der Waals surface area contributed by atoms with Gasteiger partial charge in [-0.25, -0.2) is 0 Å². The van der Waals surface area contributed by atoms with Crippen LogP contribution in [0.2, 0.25) is 0 Å². The molecule has 0 aliphatic carbocycles. The Morgan fingerprint density at radius 1 is 1.38 bits per heavy atom. The highest BCUT2D eigenvalue weighted by Crippen LogP contribution is 2.12. The van der Waals surface area contributed by atoms with Gasteiger partial charge >= 0.3 is 0 Å². The Bertz CT molecular complexity index is 298. The number of hydrogen-bond donors (Lipinski definition) is 0. The van der Waals surface area contributed by atoms with Crippen LogP contribution in [0.1, 0.15) is 25.1 Å². The lowest BCUT2D eigenvalue weighted by Gasteiger charge is -1.96. The molecule has 0 saturated carbocycles. The summed E-state index contributed by atoms with van der Waals surface area (Å²) in [6.45, 7) is 7.62. The summed E-state index contributed by atoms with van der Waals surface area (Å²) in [6, 6.07) is 1.52. The second-order valence-electron chi connectivity index (χ2n) is 2.35. The molecule has 1 aromatic rings. The van der Waals surface area contributed by atoms with Crippen molar-refractivity contribution in [3.05, 3.63) is 33.6 Å². The van der Waals surface area contributed by atoms with Gasteiger partial charge < -0.3 is 0 Å². The highest BCUT2D eigenvalue weighted by Gasteiger charge is 2.05. The van der Waals surface area contributed by atoms with Gasteiger partial charge in [-0.1, -0.05) is 13.8 Å². The molecule has 0 radical (unpaired) electrons. The first-order valence-electron chi connectivity index (χ1n) is 4.19. The van der Waals surface area contributed by atoms with E-state index in [0.29, 0.717) is 0 Å². The Morgan fingerprint density at radius 2 is 1.92 bits per heavy atom. The van der Waals surface area contributed by atoms with Gasteiger partial charge in [-0.3, -0.25) is 15.1 Å². The molecule has 0 aromatic carbocycles. The first-order valence-corrected chi connectivity index (χ1v) is 4.19. The van der Waals surface area contributed by atoms with Crippen molar-refractivity contribution in [2.75, 3.05) is 0 Å². The lowest BCUT2D eigenvalue weighted by atomic mass is 10.2. The van der Waals surface area contributed by atoms with Gasteiger partial charge in [-0.2, -0.15) is 0 Å². The minimum Gasteiger partial charge on any atom is -0.258 e. The molecule has 0 aliphatic heterocycles. The SMILES string of the molecule is CC.Cc1cc([N+](=O)[O-])cnc1C. The van der Waals surface area contributed by atoms with Gasteiger partial charge in [0.25, 0.3) is 5.69 Å². The normalized spacial score (nSPS) is 8.62. The Kier molecular flexibility index (Phi) is 4.66. The number of rotatable bonds is 1. The summed E-state index contributed by atoms with van der Waals surface area (Å²) in [5.74, 6) is 0. The monoisotopic (exact) mass is 182 g/mol. The highest BCUT2D eigenvalue weighted by molar-refractivity contribution is 5.32. The van der Waals surface area contributed by atoms with Crippen molar-refractivity contribution < 1.29 is 4.92 Å². The predicted molar refractivity (Wildman–Crippen MR) is 51.7 cm³/mol. The van der Waals surface area contributed by atoms with Gasteiger partial charge in [0, 0.05) is 11.8 Å². The van der Waals surface area contributed by atoms with E-state index in [4.69, 9.17) is 0 Å². The Labute approximate surface area is 77.8 Å². The van der Waals surface area contributed by atoms with Crippen molar-refractivity contribution in [1.82, 2.24) is 4.98 Å². The summed E-state index contributed by atoms with van der Waals surface area (Å²) < 4.78 is 0. The molecule has 72 valence electrons. The first kappa shape index (κ1) is 11.6. The van der Waals surface area contributed by atoms with Crippen LogP contribution in [-0.2, 0) is 0 Å². The second kappa shape index (κ2) is 5.24. The van der Waals surface area contributed by atoms with Gasteiger partial charge in [0.05, 0.1) is 4.92 Å². The molecule has 4 heteroatoms. The van der Waals surface area contributed by atoms with Crippen LogP contribution in [0.15, 0.2) is 12.3 Å². The van der Waals surface area contributed by atoms with Crippen molar-refractivity contribution >= 4 is 5.69 Å². The quantitative estimate of drug-likeness (QED) is 0.495. The molecule has 0 saturated heterocycles. The maximum Gasteiger partial charge on any atom is 0.287 e. The van der Waals surface area contributed by atoms with Crippen LogP contribution in [0.4, 0.5) is 5.69 Å². The molecule has 0 bridgehead atoms. The number of hydrogen-bond acceptors (Lipinski definition) is 3. The van der Waals surface area contributed by atoms with E-state index in [2.05, 4.69) is 4.98 Å². The number of nitrogens with zero attached hydrogens (tertiary/aromatic N) is 2. The molecule has 1 aromatic heterocycles. The van der Waals surface area contributed by atoms with E-state index in [1.54, 1.807) is 6.92 Å². The van der Waals surface area contributed by atoms with Crippen LogP contribution in [0.3, 0.4) is 0 Å². The van der Waals surface area contributed by atoms with E-state index in [9.17, 15) is 10.1 Å². The zero-order chi connectivity index (χ0) is 10.4. The number of nitro groups is 1. The number of aryl methyl sites for hydroxylation is 2. The average molecular weight is 182 g/mol. The molecule has 1 rings (SSSR count). The third-order valence-electron chi connectivity index (χ3n) is 1.54. The van der Waals surface area contributed by atoms with Crippen LogP contribution >= 0.6 is 0 Å². The molecule has 0 N–H and O–H groups in total. The summed E-state index contributed by atoms with van der Waals surface area (Å²) >= 11 is 0. The van der Waals surface area contributed by atoms with E-state index in [1.165, 1.54) is 12.3 Å². The van der Waals surface area contributed by atoms with Crippen molar-refractivity contribution in [2.45, 2.75) is 27.7 Å². The standard InChI is InChI=1S/C7H8N2O2.C2H6/c1-5-3-7(9(10)11)4-8-6(5)2;1-2/h3-4H,1-2H3;1-2H3. The lowest BCUT2D eigenvalue weighted by Crippen LogP contribution is -1.92. The van der Waals surface area contributed by atoms with E-state index in [0.717, 1.165) is 11.3 Å². The molecular weight excluding hydrogens is 168 g/mol. The van der Waals surface area contributed by atoms with E-state index in [1.807, 2.05) is 20.8 Å². The third-order valence-corrected chi connectivity index (χ3v) is 1.54. The maximum atomic E-state index is 10.2. The van der Waals surface area contributed by atoms with E-state index in [-0.39, 0.29) is 5.69 Å². The fourth-order valence-electron chi connectivity index (χ4n) is 0.728. The van der Waals surface area contributed by atoms with Crippen LogP contribution in [0.25, 0.3) is 0 Å². The molecule has 0 fully saturated rings. The van der Waals surface area contributed by atoms with Crippen LogP contribution < -0.4 is 0 Å². The minimum absolute atomic E-state index is 0.0492. The van der Waals surface area contributed by atoms with Crippen molar-refractivity contribution in [2.24, 2.45) is 0 Å². The third kappa shape index (κ3) is 3.19. The first-order chi connectivity index (χ1) is 6.11. The zero-order valence-electron chi connectivity index (χ0n) is 8.37. The molecule has 0 unspecified atom stereocenters. The maximum absolute atomic E-state index is 10.2. The summed E-state index contributed by atoms with van der Waals surface area (Å²) in [7, 11) is 0. The van der Waals surface area contributed by atoms with Gasteiger partial charge in [0.1, 0.15) is 6.20 Å². The lowest BCUT2D eigenvalue weighted by molar-refractivity contribution is -0.385. The fourth-order valence-corrected chi connectivity index (χ4v) is 0.728. The topological polar surface area (TPSA) is 56.0 Å². The molecule has 1 heterocycles. The summed E-state index contributed by atoms with van der Waals surface area (Å²) in [4.78, 5) is 13.6. The molecule has 0 amide bonds. The van der Waals surface area contributed by atoms with E-state index >= 15 is 0 Å². The van der Waals surface area contributed by atoms with Crippen molar-refractivity contribution in [1.29, 1.82) is 0 Å². The molecule has 4 nitrogen and oxygen atoms in total. The molecule has 0 spiro atoms. The van der Waals surface area contributed by atoms with Crippen LogP contribution in [0.5, 0.6) is 0 Å². The highest BCUT2D eigenvalue weighted by atomic mass is 16.6. The second-order valence-corrected chi connectivity index (χ2v) is 2.35. The smallest absolute Gasteiger partial charge is 0.258 e. The number of pyridine rings is 1. The Morgan fingerprint density at radius 3 is 2.31 bits per heavy atom. The predicted octanol–water partition coefficient (Wildman–Crippen LogP) is 2.63. The Balaban J connectivity index is 0.000000671. The van der Waals surface area contributed by atoms with Gasteiger partial charge in [-0.05, 0) is 19.4 Å². The fraction of sp³-hybridized carbons (Fsp3) is 0.444. The Hall–Kier alpha value is -1.45. The van der Waals surface area contributed by atoms with E-state index < -0.39 is 4.92 Å². The van der Waals surface area contributed by atoms with Gasteiger partial charge in [-0.15, -0.1) is 0 Å². The van der Waals surface area contributed by atoms with Crippen LogP contribution in [-0.4, -0.2) is 9.91 Å². The molecule has 0 aliphatic rings. The summed E-state index contributed by atoms with van der Waals surface area (Å²) in [5.41, 5.74) is 1.72. The molecule has 0 atom stereocenters. The number of aromatic nitrogens is 1. The molecule has 13 heavy (non-hydrogen) atoms. The van der Waals surface area contributed by atoms with Crippen molar-refractivity contribution in [3.8, 4) is 0 Å². The summed E-state index contributed by atoms with van der Waals surface area (Å²) in [6.07, 6.45) is 1.27. The zero-order valence-corrected chi connectivity index (χ0v) is 8.37. The average Bonchev–Trinajstić information content (AvgIpc) is 2.13. The largest absolute Gasteiger partial charge is 0.287 e. The van der Waals surface area contributed by atoms with Gasteiger partial charge in [0.15, 0.2) is 0 Å². The van der Waals surface area contributed by atoms with Crippen molar-refractivity contribution in [3.63, 3.8) is 0 Å². The molecular formula is C9H14N2O2. The van der Waals surface area contributed by atoms with Crippen LogP contribution in [0, 0.1) is 24.0 Å².